The average molecular weight is 452 g/mol. The number of thioether (sulfide) groups is 1. The molecule has 10 heteroatoms. The number of hydrogen-bond acceptors (Lipinski definition) is 4. The highest BCUT2D eigenvalue weighted by Gasteiger charge is 2.54. The molecule has 1 aromatic heterocycles. The maximum Gasteiger partial charge on any atom is 0.446 e. The number of likely N-dealkylation sites (tertiary alicyclic amines) is 2. The van der Waals surface area contributed by atoms with E-state index in [2.05, 4.69) is 15.2 Å². The van der Waals surface area contributed by atoms with E-state index < -0.39 is 5.51 Å². The molecule has 1 aliphatic carbocycles. The molecule has 1 aromatic carbocycles. The van der Waals surface area contributed by atoms with Gasteiger partial charge in [0.1, 0.15) is 12.2 Å². The molecule has 3 fully saturated rings. The number of urea groups is 1. The lowest BCUT2D eigenvalue weighted by atomic mass is 9.56. The zero-order valence-corrected chi connectivity index (χ0v) is 17.8. The smallest absolute Gasteiger partial charge is 0.324 e. The summed E-state index contributed by atoms with van der Waals surface area (Å²) in [6.45, 7) is 2.99. The summed E-state index contributed by atoms with van der Waals surface area (Å²) in [4.78, 5) is 21.1. The van der Waals surface area contributed by atoms with E-state index in [0.29, 0.717) is 12.5 Å². The van der Waals surface area contributed by atoms with Gasteiger partial charge in [-0.2, -0.15) is 18.3 Å². The second-order valence-corrected chi connectivity index (χ2v) is 10.3. The van der Waals surface area contributed by atoms with Crippen molar-refractivity contribution < 1.29 is 18.0 Å². The van der Waals surface area contributed by atoms with Crippen molar-refractivity contribution >= 4 is 17.8 Å². The molecule has 1 N–H and O–H groups in total. The van der Waals surface area contributed by atoms with Crippen molar-refractivity contribution in [2.75, 3.05) is 26.2 Å². The lowest BCUT2D eigenvalue weighted by Gasteiger charge is -2.59. The van der Waals surface area contributed by atoms with Crippen molar-refractivity contribution in [3.8, 4) is 0 Å². The molecule has 6 nitrogen and oxygen atoms in total. The van der Waals surface area contributed by atoms with Crippen LogP contribution in [-0.2, 0) is 6.42 Å². The number of alkyl halides is 3. The van der Waals surface area contributed by atoms with Crippen LogP contribution >= 0.6 is 11.8 Å². The minimum absolute atomic E-state index is 0.0604. The van der Waals surface area contributed by atoms with E-state index in [0.717, 1.165) is 56.7 Å². The quantitative estimate of drug-likeness (QED) is 0.705. The van der Waals surface area contributed by atoms with Gasteiger partial charge in [0, 0.05) is 42.4 Å². The Balaban J connectivity index is 1.08. The first-order valence-electron chi connectivity index (χ1n) is 10.5. The number of amides is 2. The predicted molar refractivity (Wildman–Crippen MR) is 109 cm³/mol. The van der Waals surface area contributed by atoms with Crippen LogP contribution in [0.2, 0.25) is 0 Å². The first-order valence-corrected chi connectivity index (χ1v) is 11.3. The second-order valence-electron chi connectivity index (χ2n) is 9.11. The van der Waals surface area contributed by atoms with Gasteiger partial charge in [-0.15, -0.1) is 0 Å². The maximum atomic E-state index is 12.8. The third kappa shape index (κ3) is 4.40. The fourth-order valence-corrected chi connectivity index (χ4v) is 6.06. The number of H-pyrrole nitrogens is 1. The number of aromatic amines is 1. The zero-order chi connectivity index (χ0) is 21.6. The Bertz CT molecular complexity index is 937. The van der Waals surface area contributed by atoms with Crippen LogP contribution in [0.15, 0.2) is 35.5 Å². The predicted octanol–water partition coefficient (Wildman–Crippen LogP) is 4.28. The number of nitrogens with one attached hydrogen (secondary N) is 1. The molecule has 1 saturated carbocycles. The Labute approximate surface area is 182 Å². The number of hydrogen-bond donors (Lipinski definition) is 1. The minimum atomic E-state index is -4.26. The number of rotatable bonds is 4. The van der Waals surface area contributed by atoms with Gasteiger partial charge in [-0.25, -0.2) is 9.78 Å². The van der Waals surface area contributed by atoms with Gasteiger partial charge < -0.3 is 9.80 Å². The van der Waals surface area contributed by atoms with E-state index in [-0.39, 0.29) is 34.0 Å². The Morgan fingerprint density at radius 2 is 2.06 bits per heavy atom. The second kappa shape index (κ2) is 7.72. The van der Waals surface area contributed by atoms with Crippen LogP contribution in [-0.4, -0.2) is 62.7 Å². The normalized spacial score (nSPS) is 23.1. The zero-order valence-electron chi connectivity index (χ0n) is 16.9. The number of carbonyl (C=O) groups is 1. The van der Waals surface area contributed by atoms with Crippen molar-refractivity contribution in [3.05, 3.63) is 42.0 Å². The highest BCUT2D eigenvalue weighted by Crippen LogP contribution is 2.53. The molecule has 1 unspecified atom stereocenters. The molecule has 1 atom stereocenters. The number of nitrogens with zero attached hydrogens (tertiary/aromatic N) is 4. The molecule has 0 bridgehead atoms. The summed E-state index contributed by atoms with van der Waals surface area (Å²) in [6, 6.07) is 6.86. The molecule has 2 aliphatic heterocycles. The van der Waals surface area contributed by atoms with Crippen molar-refractivity contribution in [1.29, 1.82) is 0 Å². The Kier molecular flexibility index (Phi) is 5.15. The van der Waals surface area contributed by atoms with Gasteiger partial charge in [0.25, 0.3) is 0 Å². The fourth-order valence-electron chi connectivity index (χ4n) is 5.44. The molecule has 3 aliphatic rings. The van der Waals surface area contributed by atoms with E-state index in [9.17, 15) is 18.0 Å². The Morgan fingerprint density at radius 3 is 2.77 bits per heavy atom. The molecular formula is C21H24F3N5OS. The third-order valence-corrected chi connectivity index (χ3v) is 7.42. The van der Waals surface area contributed by atoms with Crippen LogP contribution in [0.5, 0.6) is 0 Å². The van der Waals surface area contributed by atoms with Crippen LogP contribution in [0.25, 0.3) is 0 Å². The average Bonchev–Trinajstić information content (AvgIpc) is 3.32. The van der Waals surface area contributed by atoms with E-state index in [1.165, 1.54) is 12.4 Å². The van der Waals surface area contributed by atoms with Gasteiger partial charge in [-0.05, 0) is 61.1 Å². The monoisotopic (exact) mass is 451 g/mol. The summed E-state index contributed by atoms with van der Waals surface area (Å²) in [7, 11) is 0. The van der Waals surface area contributed by atoms with Gasteiger partial charge >= 0.3 is 11.5 Å². The third-order valence-electron chi connectivity index (χ3n) is 6.70. The molecule has 0 radical (unpaired) electrons. The van der Waals surface area contributed by atoms with Crippen molar-refractivity contribution in [3.63, 3.8) is 0 Å². The summed E-state index contributed by atoms with van der Waals surface area (Å²) < 4.78 is 37.8. The van der Waals surface area contributed by atoms with Crippen LogP contribution in [0.1, 0.15) is 36.6 Å². The molecule has 5 rings (SSSR count). The minimum Gasteiger partial charge on any atom is -0.324 e. The van der Waals surface area contributed by atoms with Crippen molar-refractivity contribution in [1.82, 2.24) is 25.0 Å². The summed E-state index contributed by atoms with van der Waals surface area (Å²) in [5, 5.41) is 6.79. The van der Waals surface area contributed by atoms with E-state index in [1.54, 1.807) is 12.1 Å². The summed E-state index contributed by atoms with van der Waals surface area (Å²) in [5.41, 5.74) is -3.09. The summed E-state index contributed by atoms with van der Waals surface area (Å²) >= 11 is -0.0604. The summed E-state index contributed by atoms with van der Waals surface area (Å²) in [5.74, 6) is 1.54. The highest BCUT2D eigenvalue weighted by molar-refractivity contribution is 8.00. The molecule has 2 amide bonds. The largest absolute Gasteiger partial charge is 0.446 e. The first-order chi connectivity index (χ1) is 14.8. The van der Waals surface area contributed by atoms with Crippen molar-refractivity contribution in [2.24, 2.45) is 11.3 Å². The van der Waals surface area contributed by atoms with Gasteiger partial charge in [0.2, 0.25) is 0 Å². The summed E-state index contributed by atoms with van der Waals surface area (Å²) in [6.07, 6.45) is 5.26. The van der Waals surface area contributed by atoms with E-state index >= 15 is 0 Å². The lowest BCUT2D eigenvalue weighted by Crippen LogP contribution is -2.65. The SMILES string of the molecule is O=C(N1CCC(c2ncn[nH]2)C1)N1CC2(CC(Cc3cccc(SC(F)(F)F)c3)C2)C1. The molecule has 1 spiro atoms. The number of carbonyl (C=O) groups excluding carboxylic acids is 1. The number of aromatic nitrogens is 3. The van der Waals surface area contributed by atoms with E-state index in [4.69, 9.17) is 0 Å². The van der Waals surface area contributed by atoms with Gasteiger partial charge in [-0.1, -0.05) is 12.1 Å². The molecule has 3 heterocycles. The van der Waals surface area contributed by atoms with Crippen LogP contribution in [0.3, 0.4) is 0 Å². The Morgan fingerprint density at radius 1 is 1.26 bits per heavy atom. The van der Waals surface area contributed by atoms with Gasteiger partial charge in [-0.3, -0.25) is 5.10 Å². The van der Waals surface area contributed by atoms with Crippen LogP contribution < -0.4 is 0 Å². The highest BCUT2D eigenvalue weighted by atomic mass is 32.2. The number of halogens is 3. The maximum absolute atomic E-state index is 12.8. The first kappa shape index (κ1) is 20.7. The van der Waals surface area contributed by atoms with Gasteiger partial charge in [0.05, 0.1) is 0 Å². The fraction of sp³-hybridized carbons (Fsp3) is 0.571. The lowest BCUT2D eigenvalue weighted by molar-refractivity contribution is -0.0754. The molecule has 2 saturated heterocycles. The topological polar surface area (TPSA) is 65.1 Å². The standard InChI is InChI=1S/C21H24F3N5OS/c22-21(23,24)31-17-3-1-2-14(7-17)6-15-8-20(9-15)11-29(12-20)19(30)28-5-4-16(10-28)18-25-13-26-27-18/h1-3,7,13,15-16H,4-6,8-12H2,(H,25,26,27). The number of benzene rings is 1. The molecule has 2 aromatic rings. The van der Waals surface area contributed by atoms with Crippen molar-refractivity contribution in [2.45, 2.75) is 42.0 Å². The van der Waals surface area contributed by atoms with E-state index in [1.807, 2.05) is 15.9 Å². The Hall–Kier alpha value is -2.23. The van der Waals surface area contributed by atoms with Crippen LogP contribution in [0, 0.1) is 11.3 Å². The molecule has 166 valence electrons. The molecule has 31 heavy (non-hydrogen) atoms. The van der Waals surface area contributed by atoms with Gasteiger partial charge in [0.15, 0.2) is 0 Å². The van der Waals surface area contributed by atoms with Crippen LogP contribution in [0.4, 0.5) is 18.0 Å². The molecular weight excluding hydrogens is 427 g/mol.